The summed E-state index contributed by atoms with van der Waals surface area (Å²) in [5.74, 6) is 0.337. The number of hydrogen-bond acceptors (Lipinski definition) is 2. The average Bonchev–Trinajstić information content (AvgIpc) is 2.29. The van der Waals surface area contributed by atoms with Crippen LogP contribution in [0.4, 0.5) is 4.39 Å². The Balaban J connectivity index is 2.15. The van der Waals surface area contributed by atoms with Gasteiger partial charge in [0.1, 0.15) is 5.82 Å². The van der Waals surface area contributed by atoms with Gasteiger partial charge in [-0.15, -0.1) is 0 Å². The second kappa shape index (κ2) is 4.93. The van der Waals surface area contributed by atoms with E-state index in [1.54, 1.807) is 6.07 Å². The number of halogens is 1. The monoisotopic (exact) mass is 222 g/mol. The van der Waals surface area contributed by atoms with Gasteiger partial charge in [0, 0.05) is 6.04 Å². The number of benzene rings is 1. The standard InChI is InChI=1S/C13H19FN2/c1-9-8-11(14)2-3-12(9)13(15)10-4-6-16-7-5-10/h2-3,8,10,13,16H,4-7,15H2,1H3/t13-/m1/s1. The molecule has 0 saturated carbocycles. The molecule has 0 radical (unpaired) electrons. The van der Waals surface area contributed by atoms with E-state index in [1.165, 1.54) is 6.07 Å². The molecule has 0 amide bonds. The molecule has 1 atom stereocenters. The first-order chi connectivity index (χ1) is 7.68. The minimum Gasteiger partial charge on any atom is -0.324 e. The Morgan fingerprint density at radius 3 is 2.69 bits per heavy atom. The van der Waals surface area contributed by atoms with Gasteiger partial charge in [0.2, 0.25) is 0 Å². The van der Waals surface area contributed by atoms with Crippen LogP contribution < -0.4 is 11.1 Å². The highest BCUT2D eigenvalue weighted by atomic mass is 19.1. The fourth-order valence-electron chi connectivity index (χ4n) is 2.47. The van der Waals surface area contributed by atoms with Crippen molar-refractivity contribution in [3.05, 3.63) is 35.1 Å². The molecule has 1 saturated heterocycles. The van der Waals surface area contributed by atoms with Crippen LogP contribution in [0.2, 0.25) is 0 Å². The molecule has 0 aliphatic carbocycles. The molecule has 1 aliphatic heterocycles. The zero-order chi connectivity index (χ0) is 11.5. The van der Waals surface area contributed by atoms with Gasteiger partial charge in [-0.25, -0.2) is 4.39 Å². The maximum absolute atomic E-state index is 13.0. The Bertz CT molecular complexity index is 359. The fraction of sp³-hybridized carbons (Fsp3) is 0.538. The molecule has 0 bridgehead atoms. The molecule has 1 fully saturated rings. The van der Waals surface area contributed by atoms with Gasteiger partial charge >= 0.3 is 0 Å². The third-order valence-electron chi connectivity index (χ3n) is 3.48. The summed E-state index contributed by atoms with van der Waals surface area (Å²) in [6.07, 6.45) is 2.22. The number of aryl methyl sites for hydroxylation is 1. The first kappa shape index (κ1) is 11.6. The van der Waals surface area contributed by atoms with E-state index >= 15 is 0 Å². The Morgan fingerprint density at radius 1 is 1.38 bits per heavy atom. The van der Waals surface area contributed by atoms with Crippen LogP contribution in [0.5, 0.6) is 0 Å². The van der Waals surface area contributed by atoms with Gasteiger partial charge in [-0.2, -0.15) is 0 Å². The summed E-state index contributed by atoms with van der Waals surface area (Å²) in [5, 5.41) is 3.33. The summed E-state index contributed by atoms with van der Waals surface area (Å²) in [4.78, 5) is 0. The van der Waals surface area contributed by atoms with Crippen molar-refractivity contribution in [2.75, 3.05) is 13.1 Å². The van der Waals surface area contributed by atoms with Gasteiger partial charge in [-0.05, 0) is 62.0 Å². The highest BCUT2D eigenvalue weighted by Gasteiger charge is 2.22. The van der Waals surface area contributed by atoms with Crippen LogP contribution in [0.3, 0.4) is 0 Å². The van der Waals surface area contributed by atoms with Gasteiger partial charge < -0.3 is 11.1 Å². The molecular formula is C13H19FN2. The maximum atomic E-state index is 13.0. The molecule has 3 N–H and O–H groups in total. The SMILES string of the molecule is Cc1cc(F)ccc1[C@H](N)C1CCNCC1. The number of nitrogens with two attached hydrogens (primary N) is 1. The normalized spacial score (nSPS) is 19.7. The molecule has 1 aromatic carbocycles. The van der Waals surface area contributed by atoms with Crippen molar-refractivity contribution >= 4 is 0 Å². The van der Waals surface area contributed by atoms with Gasteiger partial charge in [-0.3, -0.25) is 0 Å². The molecule has 0 spiro atoms. The smallest absolute Gasteiger partial charge is 0.123 e. The number of rotatable bonds is 2. The summed E-state index contributed by atoms with van der Waals surface area (Å²) in [6.45, 7) is 4.01. The molecule has 1 aromatic rings. The molecule has 1 heterocycles. The minimum absolute atomic E-state index is 0.0442. The second-order valence-corrected chi connectivity index (χ2v) is 4.61. The van der Waals surface area contributed by atoms with E-state index in [2.05, 4.69) is 5.32 Å². The van der Waals surface area contributed by atoms with Crippen molar-refractivity contribution in [3.8, 4) is 0 Å². The zero-order valence-electron chi connectivity index (χ0n) is 9.67. The quantitative estimate of drug-likeness (QED) is 0.804. The lowest BCUT2D eigenvalue weighted by atomic mass is 9.85. The van der Waals surface area contributed by atoms with Gasteiger partial charge in [0.05, 0.1) is 0 Å². The number of hydrogen-bond donors (Lipinski definition) is 2. The maximum Gasteiger partial charge on any atom is 0.123 e. The zero-order valence-corrected chi connectivity index (χ0v) is 9.67. The molecule has 16 heavy (non-hydrogen) atoms. The molecule has 2 nitrogen and oxygen atoms in total. The Labute approximate surface area is 96.0 Å². The van der Waals surface area contributed by atoms with Crippen LogP contribution >= 0.6 is 0 Å². The highest BCUT2D eigenvalue weighted by molar-refractivity contribution is 5.29. The Morgan fingerprint density at radius 2 is 2.06 bits per heavy atom. The molecular weight excluding hydrogens is 203 g/mol. The van der Waals surface area contributed by atoms with Gasteiger partial charge in [0.15, 0.2) is 0 Å². The topological polar surface area (TPSA) is 38.0 Å². The van der Waals surface area contributed by atoms with Crippen LogP contribution in [0.1, 0.15) is 30.0 Å². The summed E-state index contributed by atoms with van der Waals surface area (Å²) in [6, 6.07) is 4.94. The molecule has 3 heteroatoms. The third kappa shape index (κ3) is 2.42. The van der Waals surface area contributed by atoms with E-state index < -0.39 is 0 Å². The molecule has 1 aliphatic rings. The van der Waals surface area contributed by atoms with E-state index in [0.29, 0.717) is 5.92 Å². The first-order valence-electron chi connectivity index (χ1n) is 5.91. The molecule has 2 rings (SSSR count). The Kier molecular flexibility index (Phi) is 3.56. The van der Waals surface area contributed by atoms with E-state index in [1.807, 2.05) is 13.0 Å². The summed E-state index contributed by atoms with van der Waals surface area (Å²) < 4.78 is 13.0. The van der Waals surface area contributed by atoms with Crippen molar-refractivity contribution in [2.24, 2.45) is 11.7 Å². The van der Waals surface area contributed by atoms with Crippen LogP contribution in [0, 0.1) is 18.7 Å². The van der Waals surface area contributed by atoms with Crippen molar-refractivity contribution in [1.29, 1.82) is 0 Å². The second-order valence-electron chi connectivity index (χ2n) is 4.61. The van der Waals surface area contributed by atoms with Crippen LogP contribution in [0.15, 0.2) is 18.2 Å². The average molecular weight is 222 g/mol. The third-order valence-corrected chi connectivity index (χ3v) is 3.48. The van der Waals surface area contributed by atoms with Crippen LogP contribution in [0.25, 0.3) is 0 Å². The predicted molar refractivity (Wildman–Crippen MR) is 63.7 cm³/mol. The lowest BCUT2D eigenvalue weighted by Gasteiger charge is -2.29. The minimum atomic E-state index is -0.182. The summed E-state index contributed by atoms with van der Waals surface area (Å²) >= 11 is 0. The van der Waals surface area contributed by atoms with Crippen molar-refractivity contribution in [1.82, 2.24) is 5.32 Å². The first-order valence-corrected chi connectivity index (χ1v) is 5.91. The number of piperidine rings is 1. The van der Waals surface area contributed by atoms with E-state index in [4.69, 9.17) is 5.73 Å². The lowest BCUT2D eigenvalue weighted by Crippen LogP contribution is -2.34. The Hall–Kier alpha value is -0.930. The molecule has 0 unspecified atom stereocenters. The summed E-state index contributed by atoms with van der Waals surface area (Å²) in [7, 11) is 0. The van der Waals surface area contributed by atoms with Crippen LogP contribution in [-0.4, -0.2) is 13.1 Å². The highest BCUT2D eigenvalue weighted by Crippen LogP contribution is 2.28. The van der Waals surface area contributed by atoms with E-state index in [9.17, 15) is 4.39 Å². The predicted octanol–water partition coefficient (Wildman–Crippen LogP) is 2.13. The van der Waals surface area contributed by atoms with Crippen molar-refractivity contribution in [2.45, 2.75) is 25.8 Å². The van der Waals surface area contributed by atoms with Crippen molar-refractivity contribution < 1.29 is 4.39 Å². The largest absolute Gasteiger partial charge is 0.324 e. The number of nitrogens with one attached hydrogen (secondary N) is 1. The molecule has 88 valence electrons. The fourth-order valence-corrected chi connectivity index (χ4v) is 2.47. The van der Waals surface area contributed by atoms with Gasteiger partial charge in [0.25, 0.3) is 0 Å². The van der Waals surface area contributed by atoms with Crippen molar-refractivity contribution in [3.63, 3.8) is 0 Å². The lowest BCUT2D eigenvalue weighted by molar-refractivity contribution is 0.321. The van der Waals surface area contributed by atoms with Gasteiger partial charge in [-0.1, -0.05) is 6.07 Å². The van der Waals surface area contributed by atoms with E-state index in [0.717, 1.165) is 37.1 Å². The van der Waals surface area contributed by atoms with E-state index in [-0.39, 0.29) is 11.9 Å². The molecule has 0 aromatic heterocycles. The summed E-state index contributed by atoms with van der Waals surface area (Å²) in [5.41, 5.74) is 8.33. The van der Waals surface area contributed by atoms with Crippen LogP contribution in [-0.2, 0) is 0 Å².